The minimum Gasteiger partial charge on any atom is -0.406 e. The Kier molecular flexibility index (Phi) is 3.46. The van der Waals surface area contributed by atoms with E-state index in [-0.39, 0.29) is 10.6 Å². The molecule has 0 radical (unpaired) electrons. The molecule has 1 aromatic carbocycles. The van der Waals surface area contributed by atoms with Gasteiger partial charge in [-0.05, 0) is 29.8 Å². The van der Waals surface area contributed by atoms with E-state index < -0.39 is 17.4 Å². The Hall–Kier alpha value is -0.940. The molecule has 0 aliphatic carbocycles. The molecule has 15 heavy (non-hydrogen) atoms. The molecule has 1 rings (SSSR count). The van der Waals surface area contributed by atoms with E-state index in [4.69, 9.17) is 23.2 Å². The Balaban J connectivity index is 2.97. The Morgan fingerprint density at radius 1 is 1.33 bits per heavy atom. The van der Waals surface area contributed by atoms with Crippen LogP contribution >= 0.6 is 23.2 Å². The van der Waals surface area contributed by atoms with Crippen LogP contribution in [0.3, 0.4) is 0 Å². The van der Waals surface area contributed by atoms with E-state index in [9.17, 15) is 18.0 Å². The van der Waals surface area contributed by atoms with Crippen molar-refractivity contribution in [1.29, 1.82) is 0 Å². The van der Waals surface area contributed by atoms with Crippen LogP contribution in [-0.2, 0) is 0 Å². The summed E-state index contributed by atoms with van der Waals surface area (Å²) in [5.74, 6) is -0.505. The summed E-state index contributed by atoms with van der Waals surface area (Å²) < 4.78 is 38.9. The van der Waals surface area contributed by atoms with Gasteiger partial charge in [0.2, 0.25) is 0 Å². The SMILES string of the molecule is O=C(Cl)c1ccc(OC(F)(F)F)cc1Cl. The maximum Gasteiger partial charge on any atom is 0.573 e. The highest BCUT2D eigenvalue weighted by Crippen LogP contribution is 2.28. The predicted octanol–water partition coefficient (Wildman–Crippen LogP) is 3.62. The van der Waals surface area contributed by atoms with Gasteiger partial charge < -0.3 is 4.74 Å². The van der Waals surface area contributed by atoms with Crippen LogP contribution in [0.4, 0.5) is 13.2 Å². The summed E-state index contributed by atoms with van der Waals surface area (Å²) in [5.41, 5.74) is -0.0761. The molecule has 0 aromatic heterocycles. The van der Waals surface area contributed by atoms with Crippen molar-refractivity contribution in [3.05, 3.63) is 28.8 Å². The minimum absolute atomic E-state index is 0.0761. The molecule has 82 valence electrons. The summed E-state index contributed by atoms with van der Waals surface area (Å²) in [7, 11) is 0. The fraction of sp³-hybridized carbons (Fsp3) is 0.125. The van der Waals surface area contributed by atoms with Crippen LogP contribution in [0.2, 0.25) is 5.02 Å². The van der Waals surface area contributed by atoms with Crippen LogP contribution in [-0.4, -0.2) is 11.6 Å². The highest BCUT2D eigenvalue weighted by atomic mass is 35.5. The third-order valence-electron chi connectivity index (χ3n) is 1.39. The van der Waals surface area contributed by atoms with Crippen molar-refractivity contribution in [2.75, 3.05) is 0 Å². The van der Waals surface area contributed by atoms with Gasteiger partial charge in [-0.25, -0.2) is 0 Å². The highest BCUT2D eigenvalue weighted by Gasteiger charge is 2.31. The standard InChI is InChI=1S/C8H3Cl2F3O2/c9-6-3-4(15-8(11,12)13)1-2-5(6)7(10)14/h1-3H. The second-order valence-electron chi connectivity index (χ2n) is 2.46. The first-order valence-electron chi connectivity index (χ1n) is 3.55. The molecule has 0 aliphatic rings. The van der Waals surface area contributed by atoms with E-state index in [0.717, 1.165) is 18.2 Å². The number of hydrogen-bond donors (Lipinski definition) is 0. The summed E-state index contributed by atoms with van der Waals surface area (Å²) in [4.78, 5) is 10.7. The van der Waals surface area contributed by atoms with Crippen molar-refractivity contribution in [2.45, 2.75) is 6.36 Å². The summed E-state index contributed by atoms with van der Waals surface area (Å²) in [6, 6.07) is 2.87. The topological polar surface area (TPSA) is 26.3 Å². The van der Waals surface area contributed by atoms with Crippen molar-refractivity contribution in [2.24, 2.45) is 0 Å². The lowest BCUT2D eigenvalue weighted by Gasteiger charge is -2.09. The van der Waals surface area contributed by atoms with Crippen molar-refractivity contribution < 1.29 is 22.7 Å². The van der Waals surface area contributed by atoms with Gasteiger partial charge in [0.15, 0.2) is 0 Å². The molecule has 0 spiro atoms. The molecule has 0 N–H and O–H groups in total. The maximum absolute atomic E-state index is 11.8. The van der Waals surface area contributed by atoms with Gasteiger partial charge in [0, 0.05) is 0 Å². The van der Waals surface area contributed by atoms with Crippen LogP contribution in [0, 0.1) is 0 Å². The monoisotopic (exact) mass is 258 g/mol. The molecule has 0 saturated carbocycles. The lowest BCUT2D eigenvalue weighted by molar-refractivity contribution is -0.274. The fourth-order valence-electron chi connectivity index (χ4n) is 0.852. The first-order chi connectivity index (χ1) is 6.79. The van der Waals surface area contributed by atoms with E-state index in [1.165, 1.54) is 0 Å². The first kappa shape index (κ1) is 12.1. The van der Waals surface area contributed by atoms with Crippen molar-refractivity contribution in [3.63, 3.8) is 0 Å². The molecular formula is C8H3Cl2F3O2. The molecule has 1 aromatic rings. The molecule has 0 saturated heterocycles. The smallest absolute Gasteiger partial charge is 0.406 e. The Labute approximate surface area is 92.5 Å². The number of carbonyl (C=O) groups is 1. The fourth-order valence-corrected chi connectivity index (χ4v) is 1.32. The molecule has 0 unspecified atom stereocenters. The van der Waals surface area contributed by atoms with Gasteiger partial charge >= 0.3 is 6.36 Å². The minimum atomic E-state index is -4.80. The molecule has 0 fully saturated rings. The quantitative estimate of drug-likeness (QED) is 0.758. The second kappa shape index (κ2) is 4.28. The largest absolute Gasteiger partial charge is 0.573 e. The van der Waals surface area contributed by atoms with Crippen LogP contribution in [0.15, 0.2) is 18.2 Å². The van der Waals surface area contributed by atoms with E-state index in [1.807, 2.05) is 0 Å². The molecule has 0 aliphatic heterocycles. The van der Waals surface area contributed by atoms with Crippen molar-refractivity contribution in [3.8, 4) is 5.75 Å². The van der Waals surface area contributed by atoms with Crippen molar-refractivity contribution in [1.82, 2.24) is 0 Å². The zero-order valence-electron chi connectivity index (χ0n) is 6.94. The third-order valence-corrected chi connectivity index (χ3v) is 1.90. The van der Waals surface area contributed by atoms with Crippen LogP contribution in [0.5, 0.6) is 5.75 Å². The number of halogens is 5. The normalized spacial score (nSPS) is 11.3. The zero-order valence-corrected chi connectivity index (χ0v) is 8.45. The van der Waals surface area contributed by atoms with Gasteiger partial charge in [-0.3, -0.25) is 4.79 Å². The lowest BCUT2D eigenvalue weighted by Crippen LogP contribution is -2.17. The molecule has 0 bridgehead atoms. The molecule has 2 nitrogen and oxygen atoms in total. The van der Waals surface area contributed by atoms with Crippen molar-refractivity contribution >= 4 is 28.4 Å². The maximum atomic E-state index is 11.8. The molecule has 0 amide bonds. The first-order valence-corrected chi connectivity index (χ1v) is 4.30. The molecule has 0 atom stereocenters. The number of alkyl halides is 3. The Morgan fingerprint density at radius 3 is 2.33 bits per heavy atom. The Morgan fingerprint density at radius 2 is 1.93 bits per heavy atom. The van der Waals surface area contributed by atoms with Gasteiger partial charge in [0.25, 0.3) is 5.24 Å². The summed E-state index contributed by atoms with van der Waals surface area (Å²) >= 11 is 10.6. The van der Waals surface area contributed by atoms with Crippen LogP contribution in [0.1, 0.15) is 10.4 Å². The lowest BCUT2D eigenvalue weighted by atomic mass is 10.2. The molecular weight excluding hydrogens is 256 g/mol. The van der Waals surface area contributed by atoms with Gasteiger partial charge in [0.05, 0.1) is 10.6 Å². The van der Waals surface area contributed by atoms with Gasteiger partial charge in [-0.1, -0.05) is 11.6 Å². The summed E-state index contributed by atoms with van der Waals surface area (Å²) in [6.45, 7) is 0. The van der Waals surface area contributed by atoms with Crippen LogP contribution < -0.4 is 4.74 Å². The Bertz CT molecular complexity index is 390. The zero-order chi connectivity index (χ0) is 11.6. The van der Waals surface area contributed by atoms with Gasteiger partial charge in [-0.2, -0.15) is 0 Å². The number of benzene rings is 1. The van der Waals surface area contributed by atoms with Gasteiger partial charge in [-0.15, -0.1) is 13.2 Å². The van der Waals surface area contributed by atoms with E-state index >= 15 is 0 Å². The third kappa shape index (κ3) is 3.60. The summed E-state index contributed by atoms with van der Waals surface area (Å²) in [5, 5.41) is -1.05. The van der Waals surface area contributed by atoms with Gasteiger partial charge in [0.1, 0.15) is 5.75 Å². The molecule has 7 heteroatoms. The second-order valence-corrected chi connectivity index (χ2v) is 3.21. The predicted molar refractivity (Wildman–Crippen MR) is 48.3 cm³/mol. The number of ether oxygens (including phenoxy) is 1. The number of hydrogen-bond acceptors (Lipinski definition) is 2. The van der Waals surface area contributed by atoms with E-state index in [0.29, 0.717) is 0 Å². The van der Waals surface area contributed by atoms with E-state index in [2.05, 4.69) is 4.74 Å². The highest BCUT2D eigenvalue weighted by molar-refractivity contribution is 6.68. The van der Waals surface area contributed by atoms with Crippen LogP contribution in [0.25, 0.3) is 0 Å². The average molecular weight is 259 g/mol. The number of carbonyl (C=O) groups excluding carboxylic acids is 1. The summed E-state index contributed by atoms with van der Waals surface area (Å²) in [6.07, 6.45) is -4.80. The number of rotatable bonds is 2. The molecule has 0 heterocycles. The average Bonchev–Trinajstić information content (AvgIpc) is 1.99. The van der Waals surface area contributed by atoms with E-state index in [1.54, 1.807) is 0 Å².